The molecule has 0 saturated carbocycles. The summed E-state index contributed by atoms with van der Waals surface area (Å²) in [5.74, 6) is -0.0900. The lowest BCUT2D eigenvalue weighted by atomic mass is 10.1. The largest absolute Gasteiger partial charge is 0.299 e. The van der Waals surface area contributed by atoms with Crippen molar-refractivity contribution in [3.8, 4) is 0 Å². The monoisotopic (exact) mass is 352 g/mol. The van der Waals surface area contributed by atoms with Crippen LogP contribution in [0.4, 0.5) is 11.1 Å². The number of hydrogen-bond donors (Lipinski definition) is 1. The lowest BCUT2D eigenvalue weighted by Gasteiger charge is -2.12. The van der Waals surface area contributed by atoms with E-state index >= 15 is 0 Å². The Morgan fingerprint density at radius 2 is 1.64 bits per heavy atom. The number of carbonyl (C=O) groups excluding carboxylic acids is 2. The summed E-state index contributed by atoms with van der Waals surface area (Å²) in [6.07, 6.45) is 3.69. The molecule has 1 aliphatic rings. The van der Waals surface area contributed by atoms with Crippen molar-refractivity contribution in [3.05, 3.63) is 58.9 Å². The van der Waals surface area contributed by atoms with E-state index in [1.54, 1.807) is 42.7 Å². The van der Waals surface area contributed by atoms with Crippen LogP contribution in [0.15, 0.2) is 42.7 Å². The molecule has 1 aromatic carbocycles. The number of rotatable bonds is 5. The summed E-state index contributed by atoms with van der Waals surface area (Å²) in [4.78, 5) is 34.0. The Balaban J connectivity index is 1.41. The van der Waals surface area contributed by atoms with Crippen LogP contribution in [0.25, 0.3) is 0 Å². The Morgan fingerprint density at radius 3 is 2.32 bits per heavy atom. The second-order valence-electron chi connectivity index (χ2n) is 5.26. The van der Waals surface area contributed by atoms with E-state index in [1.807, 2.05) is 0 Å². The van der Waals surface area contributed by atoms with E-state index in [0.29, 0.717) is 28.6 Å². The van der Waals surface area contributed by atoms with Gasteiger partial charge in [-0.15, -0.1) is 10.2 Å². The first kappa shape index (κ1) is 15.3. The number of benzene rings is 1. The molecule has 4 rings (SSSR count). The Morgan fingerprint density at radius 1 is 0.960 bits per heavy atom. The fourth-order valence-electron chi connectivity index (χ4n) is 2.51. The van der Waals surface area contributed by atoms with E-state index in [9.17, 15) is 9.59 Å². The van der Waals surface area contributed by atoms with E-state index in [1.165, 1.54) is 16.2 Å². The van der Waals surface area contributed by atoms with Crippen LogP contribution in [0.1, 0.15) is 25.7 Å². The van der Waals surface area contributed by atoms with Crippen LogP contribution in [-0.4, -0.2) is 43.4 Å². The molecule has 2 aromatic heterocycles. The molecule has 0 fully saturated rings. The first-order valence-corrected chi connectivity index (χ1v) is 8.35. The minimum Gasteiger partial charge on any atom is -0.299 e. The van der Waals surface area contributed by atoms with Crippen LogP contribution in [0.2, 0.25) is 0 Å². The highest BCUT2D eigenvalue weighted by Crippen LogP contribution is 2.24. The number of nitrogens with zero attached hydrogens (tertiary/aromatic N) is 5. The molecule has 1 aliphatic heterocycles. The molecule has 0 radical (unpaired) electrons. The molecule has 0 bridgehead atoms. The summed E-state index contributed by atoms with van der Waals surface area (Å²) in [6, 6.07) is 8.56. The number of aromatic nitrogens is 4. The smallest absolute Gasteiger partial charge is 0.261 e. The molecule has 0 spiro atoms. The van der Waals surface area contributed by atoms with Gasteiger partial charge in [-0.2, -0.15) is 0 Å². The second kappa shape index (κ2) is 6.36. The summed E-state index contributed by atoms with van der Waals surface area (Å²) < 4.78 is 0. The molecule has 9 heteroatoms. The maximum atomic E-state index is 12.3. The zero-order valence-electron chi connectivity index (χ0n) is 12.9. The van der Waals surface area contributed by atoms with E-state index < -0.39 is 0 Å². The Labute approximate surface area is 146 Å². The maximum absolute atomic E-state index is 12.3. The lowest BCUT2D eigenvalue weighted by molar-refractivity contribution is 0.0656. The summed E-state index contributed by atoms with van der Waals surface area (Å²) in [7, 11) is 0. The molecular weight excluding hydrogens is 340 g/mol. The molecule has 3 heterocycles. The number of hydrogen-bond acceptors (Lipinski definition) is 8. The van der Waals surface area contributed by atoms with Gasteiger partial charge in [0, 0.05) is 25.4 Å². The van der Waals surface area contributed by atoms with Gasteiger partial charge < -0.3 is 0 Å². The van der Waals surface area contributed by atoms with Crippen molar-refractivity contribution in [2.75, 3.05) is 11.9 Å². The molecule has 3 aromatic rings. The molecule has 0 unspecified atom stereocenters. The third-order valence-corrected chi connectivity index (χ3v) is 4.58. The number of fused-ring (bicyclic) bond motifs is 1. The van der Waals surface area contributed by atoms with Crippen molar-refractivity contribution in [3.63, 3.8) is 0 Å². The first-order chi connectivity index (χ1) is 12.2. The number of anilines is 2. The molecule has 2 amide bonds. The number of amides is 2. The highest BCUT2D eigenvalue weighted by Gasteiger charge is 2.34. The maximum Gasteiger partial charge on any atom is 0.261 e. The average Bonchev–Trinajstić information content (AvgIpc) is 3.18. The molecule has 8 nitrogen and oxygen atoms in total. The third kappa shape index (κ3) is 2.96. The number of imide groups is 1. The molecule has 1 N–H and O–H groups in total. The minimum absolute atomic E-state index is 0.263. The summed E-state index contributed by atoms with van der Waals surface area (Å²) in [5, 5.41) is 12.3. The van der Waals surface area contributed by atoms with Crippen LogP contribution in [-0.2, 0) is 6.42 Å². The quantitative estimate of drug-likeness (QED) is 0.700. The highest BCUT2D eigenvalue weighted by atomic mass is 32.1. The standard InChI is InChI=1S/C16H12N6O2S/c23-13-10-4-1-2-5-11(10)14(24)22(13)9-6-12-20-21-16(25-12)19-15-17-7-3-8-18-15/h1-5,7-8H,6,9H2,(H,17,18,19,21). The number of carbonyl (C=O) groups is 2. The van der Waals surface area contributed by atoms with E-state index in [0.717, 1.165) is 5.01 Å². The summed E-state index contributed by atoms with van der Waals surface area (Å²) in [6.45, 7) is 0.267. The van der Waals surface area contributed by atoms with Crippen molar-refractivity contribution in [2.45, 2.75) is 6.42 Å². The molecule has 0 saturated heterocycles. The second-order valence-corrected chi connectivity index (χ2v) is 6.32. The topological polar surface area (TPSA) is 101 Å². The highest BCUT2D eigenvalue weighted by molar-refractivity contribution is 7.15. The van der Waals surface area contributed by atoms with Crippen LogP contribution in [0.3, 0.4) is 0 Å². The predicted molar refractivity (Wildman–Crippen MR) is 90.7 cm³/mol. The Kier molecular flexibility index (Phi) is 3.90. The van der Waals surface area contributed by atoms with Crippen molar-refractivity contribution in [1.29, 1.82) is 0 Å². The molecular formula is C16H12N6O2S. The van der Waals surface area contributed by atoms with Gasteiger partial charge >= 0.3 is 0 Å². The van der Waals surface area contributed by atoms with E-state index in [2.05, 4.69) is 25.5 Å². The van der Waals surface area contributed by atoms with Gasteiger partial charge in [-0.05, 0) is 18.2 Å². The van der Waals surface area contributed by atoms with Gasteiger partial charge in [0.25, 0.3) is 11.8 Å². The van der Waals surface area contributed by atoms with Gasteiger partial charge in [0.2, 0.25) is 11.1 Å². The predicted octanol–water partition coefficient (Wildman–Crippen LogP) is 1.91. The van der Waals surface area contributed by atoms with Crippen molar-refractivity contribution >= 4 is 34.2 Å². The zero-order valence-corrected chi connectivity index (χ0v) is 13.7. The summed E-state index contributed by atoms with van der Waals surface area (Å²) >= 11 is 1.33. The van der Waals surface area contributed by atoms with Crippen molar-refractivity contribution in [2.24, 2.45) is 0 Å². The summed E-state index contributed by atoms with van der Waals surface area (Å²) in [5.41, 5.74) is 0.904. The van der Waals surface area contributed by atoms with Crippen LogP contribution in [0, 0.1) is 0 Å². The van der Waals surface area contributed by atoms with Crippen LogP contribution >= 0.6 is 11.3 Å². The minimum atomic E-state index is -0.263. The van der Waals surface area contributed by atoms with Crippen molar-refractivity contribution in [1.82, 2.24) is 25.1 Å². The zero-order chi connectivity index (χ0) is 17.2. The molecule has 124 valence electrons. The average molecular weight is 352 g/mol. The Bertz CT molecular complexity index is 908. The first-order valence-electron chi connectivity index (χ1n) is 7.54. The normalized spacial score (nSPS) is 13.2. The van der Waals surface area contributed by atoms with Crippen LogP contribution in [0.5, 0.6) is 0 Å². The van der Waals surface area contributed by atoms with Gasteiger partial charge in [0.1, 0.15) is 5.01 Å². The van der Waals surface area contributed by atoms with Crippen LogP contribution < -0.4 is 5.32 Å². The van der Waals surface area contributed by atoms with Gasteiger partial charge in [-0.3, -0.25) is 19.8 Å². The van der Waals surface area contributed by atoms with E-state index in [4.69, 9.17) is 0 Å². The lowest BCUT2D eigenvalue weighted by Crippen LogP contribution is -2.31. The number of nitrogens with one attached hydrogen (secondary N) is 1. The SMILES string of the molecule is O=C1c2ccccc2C(=O)N1CCc1nnc(Nc2ncccn2)s1. The fourth-order valence-corrected chi connectivity index (χ4v) is 3.24. The molecule has 25 heavy (non-hydrogen) atoms. The van der Waals surface area contributed by atoms with Gasteiger partial charge in [-0.1, -0.05) is 23.5 Å². The van der Waals surface area contributed by atoms with Gasteiger partial charge in [-0.25, -0.2) is 9.97 Å². The van der Waals surface area contributed by atoms with E-state index in [-0.39, 0.29) is 18.4 Å². The van der Waals surface area contributed by atoms with Crippen molar-refractivity contribution < 1.29 is 9.59 Å². The Hall–Kier alpha value is -3.20. The fraction of sp³-hybridized carbons (Fsp3) is 0.125. The molecule has 0 aliphatic carbocycles. The molecule has 0 atom stereocenters. The van der Waals surface area contributed by atoms with Gasteiger partial charge in [0.05, 0.1) is 11.1 Å². The third-order valence-electron chi connectivity index (χ3n) is 3.68. The van der Waals surface area contributed by atoms with Gasteiger partial charge in [0.15, 0.2) is 0 Å².